The van der Waals surface area contributed by atoms with Crippen LogP contribution in [0.15, 0.2) is 105 Å². The minimum atomic E-state index is -2.23. The van der Waals surface area contributed by atoms with Gasteiger partial charge in [0.05, 0.1) is 28.4 Å². The number of nitrogens with zero attached hydrogens (tertiary/aromatic N) is 7. The average Bonchev–Trinajstić information content (AvgIpc) is 3.28. The SMILES string of the molecule is NC(=O)C(N=C(N)N)NC(=O)C(N=C(N)N)NC(=O)C(N=C(N)N)NC(=O)C(N=C(N)N)NC(=O)C(NC(=O)C(O)N(Cc1ccccc1[N+](=O)[O-])c1ccc2ncccc2c1N)c1ccccc1. The number of nitro groups is 1. The molecule has 364 valence electrons. The van der Waals surface area contributed by atoms with Gasteiger partial charge in [-0.2, -0.15) is 0 Å². The first-order chi connectivity index (χ1) is 32.6. The van der Waals surface area contributed by atoms with Crippen LogP contribution in [0.25, 0.3) is 10.9 Å². The maximum absolute atomic E-state index is 14.2. The van der Waals surface area contributed by atoms with Gasteiger partial charge in [0.1, 0.15) is 6.04 Å². The molecule has 69 heavy (non-hydrogen) atoms. The number of hydrogen-bond acceptors (Lipinski definition) is 16. The van der Waals surface area contributed by atoms with E-state index in [-0.39, 0.29) is 28.2 Å². The van der Waals surface area contributed by atoms with E-state index >= 15 is 0 Å². The molecular formula is C38H48N22O9. The third kappa shape index (κ3) is 14.2. The minimum absolute atomic E-state index is 0.0387. The van der Waals surface area contributed by atoms with Crippen LogP contribution in [-0.4, -0.2) is 105 Å². The van der Waals surface area contributed by atoms with E-state index in [2.05, 4.69) is 40.9 Å². The number of amides is 6. The number of primary amides is 1. The zero-order chi connectivity index (χ0) is 51.1. The summed E-state index contributed by atoms with van der Waals surface area (Å²) < 4.78 is 0. The Balaban J connectivity index is 1.67. The number of carbonyl (C=O) groups is 6. The number of carbonyl (C=O) groups excluding carboxylic acids is 6. The molecule has 0 aliphatic rings. The number of aliphatic hydroxyl groups is 1. The molecule has 0 bridgehead atoms. The molecule has 1 heterocycles. The van der Waals surface area contributed by atoms with Crippen molar-refractivity contribution in [1.29, 1.82) is 0 Å². The Bertz CT molecular complexity index is 2700. The number of hydrogen-bond donors (Lipinski definition) is 16. The number of pyridine rings is 1. The maximum atomic E-state index is 14.2. The van der Waals surface area contributed by atoms with Crippen molar-refractivity contribution in [3.05, 3.63) is 106 Å². The van der Waals surface area contributed by atoms with Gasteiger partial charge in [0.2, 0.25) is 36.8 Å². The van der Waals surface area contributed by atoms with Crippen molar-refractivity contribution in [1.82, 2.24) is 31.6 Å². The van der Waals surface area contributed by atoms with E-state index in [1.807, 2.05) is 10.6 Å². The Morgan fingerprint density at radius 1 is 0.609 bits per heavy atom. The number of aliphatic imine (C=N–C) groups is 4. The second-order valence-corrected chi connectivity index (χ2v) is 14.1. The van der Waals surface area contributed by atoms with Crippen molar-refractivity contribution in [2.24, 2.45) is 71.6 Å². The molecule has 0 spiro atoms. The van der Waals surface area contributed by atoms with Crippen LogP contribution in [0.2, 0.25) is 0 Å². The van der Waals surface area contributed by atoms with Gasteiger partial charge in [-0.1, -0.05) is 48.5 Å². The lowest BCUT2D eigenvalue weighted by molar-refractivity contribution is -0.385. The second-order valence-electron chi connectivity index (χ2n) is 14.1. The van der Waals surface area contributed by atoms with Crippen LogP contribution in [-0.2, 0) is 35.3 Å². The second kappa shape index (κ2) is 23.2. The van der Waals surface area contributed by atoms with Crippen molar-refractivity contribution < 1.29 is 38.8 Å². The first-order valence-corrected chi connectivity index (χ1v) is 19.6. The summed E-state index contributed by atoms with van der Waals surface area (Å²) in [6.45, 7) is -0.468. The Labute approximate surface area is 389 Å². The summed E-state index contributed by atoms with van der Waals surface area (Å²) in [7, 11) is 0. The molecule has 0 saturated carbocycles. The molecule has 4 rings (SSSR count). The van der Waals surface area contributed by atoms with Crippen molar-refractivity contribution in [3.8, 4) is 0 Å². The van der Waals surface area contributed by atoms with E-state index in [0.717, 1.165) is 4.90 Å². The van der Waals surface area contributed by atoms with Gasteiger partial charge in [-0.3, -0.25) is 43.9 Å². The predicted octanol–water partition coefficient (Wildman–Crippen LogP) is -6.74. The zero-order valence-electron chi connectivity index (χ0n) is 35.9. The minimum Gasteiger partial charge on any atom is -0.396 e. The van der Waals surface area contributed by atoms with Crippen LogP contribution >= 0.6 is 0 Å². The van der Waals surface area contributed by atoms with Crippen molar-refractivity contribution in [2.75, 3.05) is 10.6 Å². The van der Waals surface area contributed by atoms with Crippen LogP contribution in [0.5, 0.6) is 0 Å². The van der Waals surface area contributed by atoms with Gasteiger partial charge in [0.15, 0.2) is 23.8 Å². The highest BCUT2D eigenvalue weighted by Gasteiger charge is 2.35. The lowest BCUT2D eigenvalue weighted by Gasteiger charge is -2.32. The lowest BCUT2D eigenvalue weighted by Crippen LogP contribution is -2.58. The van der Waals surface area contributed by atoms with E-state index in [1.54, 1.807) is 24.3 Å². The summed E-state index contributed by atoms with van der Waals surface area (Å²) in [5.74, 6) is -10.9. The number of nitrogens with one attached hydrogen (secondary N) is 5. The normalized spacial score (nSPS) is 13.2. The molecule has 1 aromatic heterocycles. The van der Waals surface area contributed by atoms with E-state index in [4.69, 9.17) is 57.3 Å². The molecule has 0 radical (unpaired) electrons. The van der Waals surface area contributed by atoms with Crippen molar-refractivity contribution >= 4 is 87.2 Å². The van der Waals surface area contributed by atoms with Crippen LogP contribution in [0.4, 0.5) is 17.1 Å². The van der Waals surface area contributed by atoms with E-state index in [1.165, 1.54) is 60.8 Å². The molecule has 26 N–H and O–H groups in total. The van der Waals surface area contributed by atoms with Gasteiger partial charge in [-0.05, 0) is 29.8 Å². The molecule has 3 aromatic carbocycles. The monoisotopic (exact) mass is 956 g/mol. The molecule has 0 aliphatic carbocycles. The number of nitrogens with two attached hydrogens (primary N) is 10. The summed E-state index contributed by atoms with van der Waals surface area (Å²) in [5, 5.41) is 35.0. The molecular weight excluding hydrogens is 909 g/mol. The smallest absolute Gasteiger partial charge is 0.274 e. The topological polar surface area (TPSA) is 552 Å². The number of anilines is 2. The largest absolute Gasteiger partial charge is 0.396 e. The van der Waals surface area contributed by atoms with Gasteiger partial charge in [-0.25, -0.2) is 20.0 Å². The van der Waals surface area contributed by atoms with E-state index < -0.39 is 108 Å². The molecule has 6 atom stereocenters. The summed E-state index contributed by atoms with van der Waals surface area (Å²) in [5.41, 5.74) is 55.7. The van der Waals surface area contributed by atoms with Gasteiger partial charge in [-0.15, -0.1) is 0 Å². The van der Waals surface area contributed by atoms with Crippen molar-refractivity contribution in [2.45, 2.75) is 43.5 Å². The summed E-state index contributed by atoms with van der Waals surface area (Å²) in [6.07, 6.45) is -9.03. The van der Waals surface area contributed by atoms with E-state index in [0.29, 0.717) is 10.9 Å². The summed E-state index contributed by atoms with van der Waals surface area (Å²) >= 11 is 0. The number of aromatic nitrogens is 1. The third-order valence-corrected chi connectivity index (χ3v) is 9.10. The van der Waals surface area contributed by atoms with Crippen LogP contribution in [0.1, 0.15) is 17.2 Å². The number of aliphatic hydroxyl groups excluding tert-OH is 1. The fraction of sp³-hybridized carbons (Fsp3) is 0.184. The number of rotatable bonds is 21. The number of para-hydroxylation sites is 1. The highest BCUT2D eigenvalue weighted by molar-refractivity contribution is 6.01. The highest BCUT2D eigenvalue weighted by atomic mass is 16.6. The van der Waals surface area contributed by atoms with Crippen LogP contribution < -0.4 is 88.8 Å². The van der Waals surface area contributed by atoms with Gasteiger partial charge in [0.25, 0.3) is 35.2 Å². The van der Waals surface area contributed by atoms with Gasteiger partial charge < -0.3 is 93.9 Å². The van der Waals surface area contributed by atoms with E-state index in [9.17, 15) is 44.0 Å². The Morgan fingerprint density at radius 2 is 1.09 bits per heavy atom. The molecule has 31 heteroatoms. The van der Waals surface area contributed by atoms with Crippen molar-refractivity contribution in [3.63, 3.8) is 0 Å². The third-order valence-electron chi connectivity index (χ3n) is 9.10. The van der Waals surface area contributed by atoms with Gasteiger partial charge in [0, 0.05) is 23.2 Å². The summed E-state index contributed by atoms with van der Waals surface area (Å²) in [4.78, 5) is 112. The quantitative estimate of drug-likeness (QED) is 0.00922. The lowest BCUT2D eigenvalue weighted by atomic mass is 10.1. The molecule has 0 saturated heterocycles. The Kier molecular flexibility index (Phi) is 17.3. The number of benzene rings is 3. The van der Waals surface area contributed by atoms with Crippen LogP contribution in [0.3, 0.4) is 0 Å². The predicted molar refractivity (Wildman–Crippen MR) is 249 cm³/mol. The average molecular weight is 957 g/mol. The molecule has 4 aromatic rings. The maximum Gasteiger partial charge on any atom is 0.274 e. The fourth-order valence-corrected chi connectivity index (χ4v) is 6.12. The Hall–Kier alpha value is -10.1. The number of guanidine groups is 4. The first kappa shape index (κ1) is 51.6. The number of nitrogen functional groups attached to an aromatic ring is 1. The summed E-state index contributed by atoms with van der Waals surface area (Å²) in [6, 6.07) is 17.4. The highest BCUT2D eigenvalue weighted by Crippen LogP contribution is 2.34. The first-order valence-electron chi connectivity index (χ1n) is 19.6. The van der Waals surface area contributed by atoms with Gasteiger partial charge >= 0.3 is 0 Å². The molecule has 6 amide bonds. The fourth-order valence-electron chi connectivity index (χ4n) is 6.12. The zero-order valence-corrected chi connectivity index (χ0v) is 35.9. The Morgan fingerprint density at radius 3 is 1.59 bits per heavy atom. The van der Waals surface area contributed by atoms with Crippen LogP contribution in [0, 0.1) is 10.1 Å². The number of nitro benzene ring substituents is 1. The molecule has 0 fully saturated rings. The number of fused-ring (bicyclic) bond motifs is 1. The molecule has 31 nitrogen and oxygen atoms in total. The standard InChI is InChI=1S/C38H48N22O9/c39-22-18-10-6-14-49-19(18)12-13-21(22)59(15-17-9-4-5-11-20(17)60(68)69)34(67)33(66)50-23(16-7-2-1-3-8-16)29(62)52-26(56-36(43)44)31(64)54-28(58-38(47)48)32(65)53-27(57-37(45)46)30(63)51-25(24(40)61)55-35(41)42/h1-14,23,25-28,34,67H,15,39H2,(H2,40,61)(H,50,66)(H,51,63)(H,52,62)(H,53,65)(H,54,64)(H4,41,42,55)(H4,43,44,56)(H4,45,46,57)(H4,47,48,58). The molecule has 6 unspecified atom stereocenters. The molecule has 0 aliphatic heterocycles.